The lowest BCUT2D eigenvalue weighted by molar-refractivity contribution is 0.0989. The summed E-state index contributed by atoms with van der Waals surface area (Å²) in [5, 5.41) is 18.7. The maximum absolute atomic E-state index is 11.3. The minimum absolute atomic E-state index is 0.127. The Balaban J connectivity index is 0.000000152. The van der Waals surface area contributed by atoms with Gasteiger partial charge in [-0.2, -0.15) is 0 Å². The molecule has 3 aromatic rings. The zero-order chi connectivity index (χ0) is 18.7. The maximum Gasteiger partial charge on any atom is 0.190 e. The Labute approximate surface area is 155 Å². The molecule has 4 rings (SSSR count). The van der Waals surface area contributed by atoms with Crippen LogP contribution in [0.3, 0.4) is 0 Å². The molecule has 1 aliphatic rings. The van der Waals surface area contributed by atoms with E-state index in [4.69, 9.17) is 0 Å². The number of ketones is 2. The Morgan fingerprint density at radius 1 is 0.885 bits per heavy atom. The van der Waals surface area contributed by atoms with Crippen LogP contribution in [0, 0.1) is 0 Å². The number of phenolic OH excluding ortho intramolecular Hbond substituents is 2. The van der Waals surface area contributed by atoms with Gasteiger partial charge in [0.1, 0.15) is 11.5 Å². The third kappa shape index (κ3) is 3.63. The fraction of sp³-hybridized carbons (Fsp3) is 0.238. The van der Waals surface area contributed by atoms with Crippen molar-refractivity contribution >= 4 is 32.3 Å². The topological polar surface area (TPSA) is 74.6 Å². The van der Waals surface area contributed by atoms with Crippen LogP contribution in [0.2, 0.25) is 0 Å². The molecule has 0 radical (unpaired) electrons. The number of aromatic hydroxyl groups is 2. The fourth-order valence-corrected chi connectivity index (χ4v) is 4.02. The molecule has 0 fully saturated rings. The lowest BCUT2D eigenvalue weighted by Crippen LogP contribution is -2.11. The Hall–Kier alpha value is -2.66. The van der Waals surface area contributed by atoms with Crippen molar-refractivity contribution in [2.45, 2.75) is 32.6 Å². The minimum atomic E-state index is -0.479. The third-order valence-corrected chi connectivity index (χ3v) is 5.46. The molecule has 0 saturated carbocycles. The van der Waals surface area contributed by atoms with Crippen LogP contribution in [0.5, 0.6) is 11.5 Å². The number of benzene rings is 2. The van der Waals surface area contributed by atoms with E-state index < -0.39 is 11.6 Å². The van der Waals surface area contributed by atoms with Crippen LogP contribution in [0.25, 0.3) is 9.40 Å². The first-order valence-corrected chi connectivity index (χ1v) is 9.45. The number of allylic oxidation sites excluding steroid dienone is 2. The average molecular weight is 368 g/mol. The van der Waals surface area contributed by atoms with Gasteiger partial charge in [-0.3, -0.25) is 9.59 Å². The number of hydrogen-bond donors (Lipinski definition) is 2. The number of aryl methyl sites for hydroxylation is 1. The second-order valence-electron chi connectivity index (χ2n) is 6.24. The number of phenols is 2. The summed E-state index contributed by atoms with van der Waals surface area (Å²) < 4.78 is 2.94. The summed E-state index contributed by atoms with van der Waals surface area (Å²) in [6.45, 7) is 2.26. The number of unbranched alkanes of at least 4 members (excludes halogenated alkanes) is 2. The van der Waals surface area contributed by atoms with E-state index >= 15 is 0 Å². The van der Waals surface area contributed by atoms with Crippen molar-refractivity contribution in [2.75, 3.05) is 0 Å². The zero-order valence-corrected chi connectivity index (χ0v) is 15.3. The average Bonchev–Trinajstić information content (AvgIpc) is 3.24. The van der Waals surface area contributed by atoms with Gasteiger partial charge in [-0.25, -0.2) is 0 Å². The smallest absolute Gasteiger partial charge is 0.190 e. The van der Waals surface area contributed by atoms with Gasteiger partial charge in [-0.1, -0.05) is 19.8 Å². The van der Waals surface area contributed by atoms with Crippen LogP contribution in [0.1, 0.15) is 52.5 Å². The number of rotatable bonds is 4. The number of carbonyl (C=O) groups is 2. The lowest BCUT2D eigenvalue weighted by Gasteiger charge is -2.11. The van der Waals surface area contributed by atoms with Gasteiger partial charge >= 0.3 is 0 Å². The summed E-state index contributed by atoms with van der Waals surface area (Å²) in [7, 11) is 0. The summed E-state index contributed by atoms with van der Waals surface area (Å²) in [4.78, 5) is 22.6. The molecule has 2 aromatic heterocycles. The molecule has 5 heteroatoms. The molecule has 0 saturated heterocycles. The van der Waals surface area contributed by atoms with Gasteiger partial charge < -0.3 is 10.2 Å². The van der Waals surface area contributed by atoms with Crippen LogP contribution >= 0.6 is 11.3 Å². The fourth-order valence-electron chi connectivity index (χ4n) is 3.00. The molecule has 2 heterocycles. The standard InChI is InChI=1S/C11H14S.C10H6O4/c1-2-3-4-5-9-8-10-6-7-11(9)12-10;11-5-1-2-6(12)10-8(14)4-3-7(13)9(5)10/h6-8H,2-5H2,1H3;1-4,11-12H. The largest absolute Gasteiger partial charge is 0.507 e. The van der Waals surface area contributed by atoms with Crippen molar-refractivity contribution in [3.8, 4) is 11.5 Å². The van der Waals surface area contributed by atoms with Crippen LogP contribution in [0.4, 0.5) is 0 Å². The van der Waals surface area contributed by atoms with Crippen molar-refractivity contribution < 1.29 is 19.8 Å². The number of fused-ring (bicyclic) bond motifs is 3. The minimum Gasteiger partial charge on any atom is -0.507 e. The number of thiophene rings is 2. The van der Waals surface area contributed by atoms with Crippen molar-refractivity contribution in [1.82, 2.24) is 0 Å². The molecule has 0 aliphatic heterocycles. The van der Waals surface area contributed by atoms with E-state index in [1.54, 1.807) is 5.56 Å². The van der Waals surface area contributed by atoms with E-state index in [0.29, 0.717) is 0 Å². The Morgan fingerprint density at radius 3 is 1.96 bits per heavy atom. The van der Waals surface area contributed by atoms with Gasteiger partial charge in [-0.15, -0.1) is 11.3 Å². The highest BCUT2D eigenvalue weighted by molar-refractivity contribution is 7.24. The van der Waals surface area contributed by atoms with Gasteiger partial charge in [0.15, 0.2) is 11.6 Å². The van der Waals surface area contributed by atoms with Crippen molar-refractivity contribution in [2.24, 2.45) is 0 Å². The van der Waals surface area contributed by atoms with Crippen molar-refractivity contribution in [3.63, 3.8) is 0 Å². The van der Waals surface area contributed by atoms with Crippen LogP contribution in [-0.2, 0) is 6.42 Å². The molecule has 0 atom stereocenters. The van der Waals surface area contributed by atoms with Crippen LogP contribution in [0.15, 0.2) is 42.5 Å². The molecule has 0 amide bonds. The Kier molecular flexibility index (Phi) is 5.38. The number of carbonyl (C=O) groups excluding carboxylic acids is 2. The molecule has 26 heavy (non-hydrogen) atoms. The molecule has 2 bridgehead atoms. The van der Waals surface area contributed by atoms with Crippen LogP contribution < -0.4 is 0 Å². The molecule has 0 spiro atoms. The Bertz CT molecular complexity index is 925. The number of hydrogen-bond acceptors (Lipinski definition) is 5. The molecule has 4 nitrogen and oxygen atoms in total. The predicted octanol–water partition coefficient (Wildman–Crippen LogP) is 5.10. The highest BCUT2D eigenvalue weighted by Crippen LogP contribution is 2.32. The summed E-state index contributed by atoms with van der Waals surface area (Å²) in [6, 6.07) is 9.16. The molecular formula is C21H20O4S. The van der Waals surface area contributed by atoms with E-state index in [-0.39, 0.29) is 22.6 Å². The third-order valence-electron chi connectivity index (χ3n) is 4.35. The van der Waals surface area contributed by atoms with Crippen molar-refractivity contribution in [1.29, 1.82) is 0 Å². The monoisotopic (exact) mass is 368 g/mol. The van der Waals surface area contributed by atoms with Gasteiger partial charge in [0.05, 0.1) is 11.1 Å². The molecule has 2 N–H and O–H groups in total. The van der Waals surface area contributed by atoms with Gasteiger partial charge in [0.25, 0.3) is 0 Å². The van der Waals surface area contributed by atoms with Gasteiger partial charge in [0.2, 0.25) is 0 Å². The zero-order valence-electron chi connectivity index (χ0n) is 14.5. The van der Waals surface area contributed by atoms with E-state index in [2.05, 4.69) is 25.1 Å². The van der Waals surface area contributed by atoms with Crippen molar-refractivity contribution in [3.05, 3.63) is 59.2 Å². The summed E-state index contributed by atoms with van der Waals surface area (Å²) in [5.41, 5.74) is 1.32. The molecule has 0 unspecified atom stereocenters. The summed E-state index contributed by atoms with van der Waals surface area (Å²) >= 11 is 1.93. The second-order valence-corrected chi connectivity index (χ2v) is 7.36. The maximum atomic E-state index is 11.3. The molecule has 134 valence electrons. The highest BCUT2D eigenvalue weighted by Gasteiger charge is 2.25. The van der Waals surface area contributed by atoms with E-state index in [1.807, 2.05) is 11.3 Å². The first-order chi connectivity index (χ1) is 12.5. The highest BCUT2D eigenvalue weighted by atomic mass is 32.1. The molecule has 1 aromatic carbocycles. The Morgan fingerprint density at radius 2 is 1.50 bits per heavy atom. The first-order valence-electron chi connectivity index (χ1n) is 8.63. The normalized spacial score (nSPS) is 13.0. The predicted molar refractivity (Wildman–Crippen MR) is 104 cm³/mol. The van der Waals surface area contributed by atoms with Crippen LogP contribution in [-0.4, -0.2) is 21.8 Å². The van der Waals surface area contributed by atoms with E-state index in [0.717, 1.165) is 12.2 Å². The summed E-state index contributed by atoms with van der Waals surface area (Å²) in [6.07, 6.45) is 7.47. The second kappa shape index (κ2) is 7.70. The first kappa shape index (κ1) is 18.1. The van der Waals surface area contributed by atoms with Gasteiger partial charge in [0, 0.05) is 9.40 Å². The van der Waals surface area contributed by atoms with E-state index in [9.17, 15) is 19.8 Å². The quantitative estimate of drug-likeness (QED) is 0.496. The SMILES string of the molecule is CCCCCc1cc2ccc1s2.O=C1C=CC(=O)c2c(O)ccc(O)c21. The molecule has 1 aliphatic carbocycles. The van der Waals surface area contributed by atoms with E-state index in [1.165, 1.54) is 47.2 Å². The molecular weight excluding hydrogens is 348 g/mol. The lowest BCUT2D eigenvalue weighted by atomic mass is 9.93. The van der Waals surface area contributed by atoms with Gasteiger partial charge in [-0.05, 0) is 60.9 Å². The summed E-state index contributed by atoms with van der Waals surface area (Å²) in [5.74, 6) is -1.54.